The molecule has 0 aliphatic heterocycles. The van der Waals surface area contributed by atoms with Crippen molar-refractivity contribution in [2.75, 3.05) is 19.6 Å². The van der Waals surface area contributed by atoms with Crippen LogP contribution in [-0.4, -0.2) is 30.0 Å². The SMILES string of the molecule is C=CC(=O)[N+](CC)(CC)CCCC. The van der Waals surface area contributed by atoms with Crippen LogP contribution in [0.5, 0.6) is 0 Å². The highest BCUT2D eigenvalue weighted by Crippen LogP contribution is 2.10. The average Bonchev–Trinajstić information content (AvgIpc) is 2.19. The van der Waals surface area contributed by atoms with Crippen molar-refractivity contribution < 1.29 is 9.28 Å². The summed E-state index contributed by atoms with van der Waals surface area (Å²) in [5.41, 5.74) is 0. The molecular weight excluding hydrogens is 162 g/mol. The monoisotopic (exact) mass is 184 g/mol. The quantitative estimate of drug-likeness (QED) is 0.457. The second-order valence-electron chi connectivity index (χ2n) is 3.40. The van der Waals surface area contributed by atoms with Gasteiger partial charge in [-0.3, -0.25) is 4.48 Å². The zero-order chi connectivity index (χ0) is 10.3. The third-order valence-electron chi connectivity index (χ3n) is 2.79. The lowest BCUT2D eigenvalue weighted by Crippen LogP contribution is -2.52. The topological polar surface area (TPSA) is 17.1 Å². The molecule has 1 amide bonds. The fraction of sp³-hybridized carbons (Fsp3) is 0.727. The minimum absolute atomic E-state index is 0.165. The van der Waals surface area contributed by atoms with Crippen LogP contribution in [0.3, 0.4) is 0 Å². The van der Waals surface area contributed by atoms with Crippen molar-refractivity contribution in [3.05, 3.63) is 12.7 Å². The molecule has 0 radical (unpaired) electrons. The van der Waals surface area contributed by atoms with Crippen LogP contribution in [0, 0.1) is 0 Å². The number of hydrogen-bond donors (Lipinski definition) is 0. The Morgan fingerprint density at radius 2 is 1.85 bits per heavy atom. The second kappa shape index (κ2) is 5.92. The second-order valence-corrected chi connectivity index (χ2v) is 3.40. The summed E-state index contributed by atoms with van der Waals surface area (Å²) >= 11 is 0. The van der Waals surface area contributed by atoms with Crippen LogP contribution in [0.4, 0.5) is 0 Å². The van der Waals surface area contributed by atoms with Gasteiger partial charge in [0.2, 0.25) is 0 Å². The van der Waals surface area contributed by atoms with E-state index in [-0.39, 0.29) is 5.91 Å². The van der Waals surface area contributed by atoms with E-state index in [1.54, 1.807) is 0 Å². The van der Waals surface area contributed by atoms with Gasteiger partial charge in [0, 0.05) is 6.08 Å². The zero-order valence-corrected chi connectivity index (χ0v) is 9.18. The van der Waals surface area contributed by atoms with Gasteiger partial charge in [-0.05, 0) is 20.3 Å². The maximum Gasteiger partial charge on any atom is 0.338 e. The van der Waals surface area contributed by atoms with Crippen LogP contribution in [0.15, 0.2) is 12.7 Å². The molecule has 0 aromatic rings. The summed E-state index contributed by atoms with van der Waals surface area (Å²) in [6.45, 7) is 12.6. The number of nitrogens with zero attached hydrogens (tertiary/aromatic N) is 1. The molecule has 0 fully saturated rings. The number of quaternary nitrogens is 1. The van der Waals surface area contributed by atoms with Crippen molar-refractivity contribution in [1.29, 1.82) is 0 Å². The van der Waals surface area contributed by atoms with E-state index in [1.165, 1.54) is 6.08 Å². The third-order valence-corrected chi connectivity index (χ3v) is 2.79. The van der Waals surface area contributed by atoms with Gasteiger partial charge in [-0.25, -0.2) is 4.79 Å². The van der Waals surface area contributed by atoms with Gasteiger partial charge in [0.05, 0.1) is 19.6 Å². The minimum atomic E-state index is 0.165. The molecular formula is C11H22NO+. The molecule has 0 N–H and O–H groups in total. The smallest absolute Gasteiger partial charge is 0.257 e. The first-order valence-electron chi connectivity index (χ1n) is 5.19. The van der Waals surface area contributed by atoms with Gasteiger partial charge in [0.25, 0.3) is 0 Å². The molecule has 0 aromatic heterocycles. The van der Waals surface area contributed by atoms with E-state index < -0.39 is 0 Å². The molecule has 0 unspecified atom stereocenters. The normalized spacial score (nSPS) is 11.3. The predicted molar refractivity (Wildman–Crippen MR) is 56.3 cm³/mol. The molecule has 0 saturated heterocycles. The molecule has 0 spiro atoms. The van der Waals surface area contributed by atoms with Gasteiger partial charge in [-0.1, -0.05) is 19.9 Å². The Morgan fingerprint density at radius 3 is 2.15 bits per heavy atom. The molecule has 0 bridgehead atoms. The maximum atomic E-state index is 11.7. The lowest BCUT2D eigenvalue weighted by Gasteiger charge is -2.32. The number of carbonyl (C=O) groups excluding carboxylic acids is 1. The first-order valence-corrected chi connectivity index (χ1v) is 5.19. The number of rotatable bonds is 6. The highest BCUT2D eigenvalue weighted by molar-refractivity contribution is 5.80. The van der Waals surface area contributed by atoms with Gasteiger partial charge in [-0.15, -0.1) is 0 Å². The van der Waals surface area contributed by atoms with Crippen molar-refractivity contribution in [2.24, 2.45) is 0 Å². The van der Waals surface area contributed by atoms with Crippen LogP contribution < -0.4 is 0 Å². The largest absolute Gasteiger partial charge is 0.338 e. The lowest BCUT2D eigenvalue weighted by atomic mass is 10.2. The standard InChI is InChI=1S/C11H22NO/c1-5-9-10-12(7-3,8-4)11(13)6-2/h6H,2,5,7-10H2,1,3-4H3/q+1. The molecule has 76 valence electrons. The highest BCUT2D eigenvalue weighted by atomic mass is 16.2. The molecule has 0 aliphatic rings. The van der Waals surface area contributed by atoms with E-state index in [4.69, 9.17) is 0 Å². The molecule has 2 heteroatoms. The Bertz CT molecular complexity index is 171. The summed E-state index contributed by atoms with van der Waals surface area (Å²) < 4.78 is 0.567. The minimum Gasteiger partial charge on any atom is -0.257 e. The summed E-state index contributed by atoms with van der Waals surface area (Å²) in [4.78, 5) is 11.7. The van der Waals surface area contributed by atoms with Crippen LogP contribution in [-0.2, 0) is 4.79 Å². The molecule has 0 saturated carbocycles. The van der Waals surface area contributed by atoms with Crippen molar-refractivity contribution in [2.45, 2.75) is 33.6 Å². The highest BCUT2D eigenvalue weighted by Gasteiger charge is 2.29. The lowest BCUT2D eigenvalue weighted by molar-refractivity contribution is -0.848. The molecule has 0 rings (SSSR count). The number of unbranched alkanes of at least 4 members (excludes halogenated alkanes) is 1. The first kappa shape index (κ1) is 12.4. The van der Waals surface area contributed by atoms with Gasteiger partial charge in [0.1, 0.15) is 0 Å². The van der Waals surface area contributed by atoms with Crippen LogP contribution >= 0.6 is 0 Å². The van der Waals surface area contributed by atoms with Crippen LogP contribution in [0.1, 0.15) is 33.6 Å². The van der Waals surface area contributed by atoms with Gasteiger partial charge >= 0.3 is 5.91 Å². The van der Waals surface area contributed by atoms with Gasteiger partial charge in [0.15, 0.2) is 0 Å². The Hall–Kier alpha value is -0.630. The number of likely N-dealkylation sites (N-methyl/N-ethyl adjacent to an activating group) is 1. The van der Waals surface area contributed by atoms with E-state index in [0.717, 1.165) is 32.5 Å². The van der Waals surface area contributed by atoms with Crippen molar-refractivity contribution in [1.82, 2.24) is 0 Å². The third kappa shape index (κ3) is 2.96. The van der Waals surface area contributed by atoms with Crippen LogP contribution in [0.25, 0.3) is 0 Å². The fourth-order valence-corrected chi connectivity index (χ4v) is 1.62. The van der Waals surface area contributed by atoms with E-state index >= 15 is 0 Å². The summed E-state index contributed by atoms with van der Waals surface area (Å²) in [7, 11) is 0. The number of carbonyl (C=O) groups is 1. The molecule has 0 aliphatic carbocycles. The Labute approximate surface area is 81.8 Å². The Kier molecular flexibility index (Phi) is 5.63. The number of amides is 1. The van der Waals surface area contributed by atoms with Gasteiger partial charge in [-0.2, -0.15) is 0 Å². The van der Waals surface area contributed by atoms with Crippen molar-refractivity contribution >= 4 is 5.91 Å². The van der Waals surface area contributed by atoms with E-state index in [2.05, 4.69) is 27.4 Å². The predicted octanol–water partition coefficient (Wildman–Crippen LogP) is 2.36. The average molecular weight is 184 g/mol. The number of hydrogen-bond acceptors (Lipinski definition) is 1. The zero-order valence-electron chi connectivity index (χ0n) is 9.18. The molecule has 0 atom stereocenters. The van der Waals surface area contributed by atoms with E-state index in [0.29, 0.717) is 4.48 Å². The fourth-order valence-electron chi connectivity index (χ4n) is 1.62. The molecule has 0 heterocycles. The Balaban J connectivity index is 4.48. The maximum absolute atomic E-state index is 11.7. The molecule has 0 aromatic carbocycles. The summed E-state index contributed by atoms with van der Waals surface area (Å²) in [5, 5.41) is 0. The molecule has 2 nitrogen and oxygen atoms in total. The summed E-state index contributed by atoms with van der Waals surface area (Å²) in [6.07, 6.45) is 3.72. The Morgan fingerprint density at radius 1 is 1.31 bits per heavy atom. The van der Waals surface area contributed by atoms with Crippen molar-refractivity contribution in [3.63, 3.8) is 0 Å². The van der Waals surface area contributed by atoms with E-state index in [9.17, 15) is 4.79 Å². The summed E-state index contributed by atoms with van der Waals surface area (Å²) in [6, 6.07) is 0. The van der Waals surface area contributed by atoms with Crippen LogP contribution in [0.2, 0.25) is 0 Å². The van der Waals surface area contributed by atoms with Gasteiger partial charge < -0.3 is 0 Å². The summed E-state index contributed by atoms with van der Waals surface area (Å²) in [5.74, 6) is 0.165. The van der Waals surface area contributed by atoms with E-state index in [1.807, 2.05) is 0 Å². The van der Waals surface area contributed by atoms with Crippen molar-refractivity contribution in [3.8, 4) is 0 Å². The first-order chi connectivity index (χ1) is 6.16. The molecule has 13 heavy (non-hydrogen) atoms.